The summed E-state index contributed by atoms with van der Waals surface area (Å²) in [7, 11) is 0. The second-order valence-corrected chi connectivity index (χ2v) is 11.6. The smallest absolute Gasteiger partial charge is 0.417 e. The van der Waals surface area contributed by atoms with Gasteiger partial charge in [-0.25, -0.2) is 4.57 Å². The first-order valence-corrected chi connectivity index (χ1v) is 13.4. The van der Waals surface area contributed by atoms with Gasteiger partial charge in [-0.1, -0.05) is 58.4 Å². The number of carbonyl (C=O) groups is 1. The molecule has 2 unspecified atom stereocenters. The van der Waals surface area contributed by atoms with Gasteiger partial charge < -0.3 is 4.52 Å². The molecule has 29 heavy (non-hydrogen) atoms. The lowest BCUT2D eigenvalue weighted by molar-refractivity contribution is 0.104. The number of hydrogen-bond acceptors (Lipinski definition) is 5. The number of fused-ring (bicyclic) bond motifs is 3. The second kappa shape index (κ2) is 9.51. The van der Waals surface area contributed by atoms with E-state index in [4.69, 9.17) is 9.05 Å². The standard InChI is InChI=1S/C23H29O4PS/c1-5-8-13-26-28(25,29-16(4)6-2)27-22-15-21-20(14-17(22)7-3)18-11-9-10-12-19(18)23(21)24/h9-12,14-16H,5-8,13H2,1-4H3. The van der Waals surface area contributed by atoms with Gasteiger partial charge in [0, 0.05) is 16.4 Å². The number of benzene rings is 2. The summed E-state index contributed by atoms with van der Waals surface area (Å²) in [5.41, 5.74) is 4.11. The van der Waals surface area contributed by atoms with Crippen molar-refractivity contribution < 1.29 is 18.4 Å². The molecule has 4 nitrogen and oxygen atoms in total. The molecule has 0 N–H and O–H groups in total. The zero-order valence-electron chi connectivity index (χ0n) is 17.6. The summed E-state index contributed by atoms with van der Waals surface area (Å²) in [6.45, 7) is 5.17. The molecule has 1 aliphatic rings. The van der Waals surface area contributed by atoms with Crippen molar-refractivity contribution in [3.63, 3.8) is 0 Å². The molecule has 0 saturated heterocycles. The topological polar surface area (TPSA) is 52.6 Å². The van der Waals surface area contributed by atoms with Crippen LogP contribution in [0.3, 0.4) is 0 Å². The van der Waals surface area contributed by atoms with Gasteiger partial charge in [0.1, 0.15) is 5.75 Å². The molecule has 2 aromatic carbocycles. The minimum Gasteiger partial charge on any atom is -0.417 e. The van der Waals surface area contributed by atoms with Crippen LogP contribution < -0.4 is 4.52 Å². The maximum absolute atomic E-state index is 13.5. The first-order chi connectivity index (χ1) is 13.9. The lowest BCUT2D eigenvalue weighted by Crippen LogP contribution is -2.04. The maximum atomic E-state index is 13.5. The van der Waals surface area contributed by atoms with E-state index in [9.17, 15) is 9.36 Å². The predicted octanol–water partition coefficient (Wildman–Crippen LogP) is 7.30. The van der Waals surface area contributed by atoms with Gasteiger partial charge in [0.05, 0.1) is 6.61 Å². The normalized spacial score (nSPS) is 15.5. The second-order valence-electron chi connectivity index (χ2n) is 7.28. The molecule has 0 saturated carbocycles. The van der Waals surface area contributed by atoms with Gasteiger partial charge in [0.15, 0.2) is 5.78 Å². The van der Waals surface area contributed by atoms with E-state index < -0.39 is 6.80 Å². The van der Waals surface area contributed by atoms with Crippen molar-refractivity contribution in [1.29, 1.82) is 0 Å². The van der Waals surface area contributed by atoms with Gasteiger partial charge in [-0.05, 0) is 59.5 Å². The van der Waals surface area contributed by atoms with E-state index in [0.717, 1.165) is 36.0 Å². The van der Waals surface area contributed by atoms with Gasteiger partial charge in [0.2, 0.25) is 0 Å². The van der Waals surface area contributed by atoms with Crippen LogP contribution in [0.4, 0.5) is 0 Å². The van der Waals surface area contributed by atoms with E-state index in [1.807, 2.05) is 44.2 Å². The molecule has 156 valence electrons. The van der Waals surface area contributed by atoms with Crippen molar-refractivity contribution in [1.82, 2.24) is 0 Å². The molecule has 0 amide bonds. The lowest BCUT2D eigenvalue weighted by Gasteiger charge is -2.22. The average molecular weight is 433 g/mol. The molecular weight excluding hydrogens is 403 g/mol. The first kappa shape index (κ1) is 22.1. The Morgan fingerprint density at radius 1 is 1.03 bits per heavy atom. The molecule has 2 aromatic rings. The highest BCUT2D eigenvalue weighted by molar-refractivity contribution is 8.55. The van der Waals surface area contributed by atoms with Crippen molar-refractivity contribution >= 4 is 24.0 Å². The highest BCUT2D eigenvalue weighted by atomic mass is 32.7. The van der Waals surface area contributed by atoms with Crippen LogP contribution in [0.15, 0.2) is 36.4 Å². The summed E-state index contributed by atoms with van der Waals surface area (Å²) in [6, 6.07) is 11.4. The highest BCUT2D eigenvalue weighted by Gasteiger charge is 2.33. The van der Waals surface area contributed by atoms with Crippen molar-refractivity contribution in [3.05, 3.63) is 53.1 Å². The fourth-order valence-electron chi connectivity index (χ4n) is 3.27. The minimum absolute atomic E-state index is 0.0144. The summed E-state index contributed by atoms with van der Waals surface area (Å²) in [6.07, 6.45) is 3.36. The van der Waals surface area contributed by atoms with E-state index in [0.29, 0.717) is 29.9 Å². The van der Waals surface area contributed by atoms with Crippen LogP contribution in [0.5, 0.6) is 5.75 Å². The monoisotopic (exact) mass is 432 g/mol. The fraction of sp³-hybridized carbons (Fsp3) is 0.435. The maximum Gasteiger partial charge on any atom is 0.440 e. The zero-order valence-corrected chi connectivity index (χ0v) is 19.3. The minimum atomic E-state index is -3.40. The Hall–Kier alpha value is -1.55. The van der Waals surface area contributed by atoms with Crippen LogP contribution in [0.1, 0.15) is 68.4 Å². The van der Waals surface area contributed by atoms with Gasteiger partial charge in [0.25, 0.3) is 0 Å². The van der Waals surface area contributed by atoms with Crippen LogP contribution in [0.25, 0.3) is 11.1 Å². The van der Waals surface area contributed by atoms with Crippen LogP contribution in [-0.4, -0.2) is 17.6 Å². The lowest BCUT2D eigenvalue weighted by atomic mass is 10.0. The Bertz CT molecular complexity index is 940. The van der Waals surface area contributed by atoms with Crippen LogP contribution in [-0.2, 0) is 15.5 Å². The third-order valence-electron chi connectivity index (χ3n) is 5.13. The van der Waals surface area contributed by atoms with Crippen molar-refractivity contribution in [3.8, 4) is 16.9 Å². The number of hydrogen-bond donors (Lipinski definition) is 0. The molecular formula is C23H29O4PS. The third kappa shape index (κ3) is 4.79. The average Bonchev–Trinajstić information content (AvgIpc) is 2.99. The summed E-state index contributed by atoms with van der Waals surface area (Å²) in [5, 5.41) is 0.146. The molecule has 0 aliphatic heterocycles. The predicted molar refractivity (Wildman–Crippen MR) is 121 cm³/mol. The number of ketones is 1. The zero-order chi connectivity index (χ0) is 21.0. The van der Waals surface area contributed by atoms with Gasteiger partial charge >= 0.3 is 6.80 Å². The number of carbonyl (C=O) groups excluding carboxylic acids is 1. The summed E-state index contributed by atoms with van der Waals surface area (Å²) >= 11 is 1.26. The molecule has 0 radical (unpaired) electrons. The first-order valence-electron chi connectivity index (χ1n) is 10.4. The van der Waals surface area contributed by atoms with Crippen molar-refractivity contribution in [2.45, 2.75) is 58.6 Å². The van der Waals surface area contributed by atoms with E-state index in [1.54, 1.807) is 6.07 Å². The number of aryl methyl sites for hydroxylation is 1. The fourth-order valence-corrected chi connectivity index (χ4v) is 7.33. The van der Waals surface area contributed by atoms with Gasteiger partial charge in [-0.3, -0.25) is 9.32 Å². The third-order valence-corrected chi connectivity index (χ3v) is 9.39. The van der Waals surface area contributed by atoms with E-state index >= 15 is 0 Å². The Balaban J connectivity index is 1.97. The number of rotatable bonds is 10. The van der Waals surface area contributed by atoms with Crippen LogP contribution >= 0.6 is 18.2 Å². The molecule has 0 aromatic heterocycles. The molecule has 0 bridgehead atoms. The summed E-state index contributed by atoms with van der Waals surface area (Å²) in [5.74, 6) is 0.474. The van der Waals surface area contributed by atoms with Crippen LogP contribution in [0.2, 0.25) is 0 Å². The molecule has 6 heteroatoms. The molecule has 0 fully saturated rings. The van der Waals surface area contributed by atoms with Crippen molar-refractivity contribution in [2.75, 3.05) is 6.61 Å². The van der Waals surface area contributed by atoms with E-state index in [2.05, 4.69) is 13.8 Å². The number of unbranched alkanes of at least 4 members (excludes halogenated alkanes) is 1. The van der Waals surface area contributed by atoms with Crippen molar-refractivity contribution in [2.24, 2.45) is 0 Å². The van der Waals surface area contributed by atoms with E-state index in [1.165, 1.54) is 11.4 Å². The Morgan fingerprint density at radius 2 is 1.76 bits per heavy atom. The Morgan fingerprint density at radius 3 is 2.41 bits per heavy atom. The Kier molecular flexibility index (Phi) is 7.26. The van der Waals surface area contributed by atoms with Gasteiger partial charge in [-0.15, -0.1) is 0 Å². The molecule has 0 heterocycles. The molecule has 1 aliphatic carbocycles. The summed E-state index contributed by atoms with van der Waals surface area (Å²) < 4.78 is 25.4. The van der Waals surface area contributed by atoms with Gasteiger partial charge in [-0.2, -0.15) is 0 Å². The quantitative estimate of drug-likeness (QED) is 0.249. The SMILES string of the molecule is CCCCOP(=O)(Oc1cc2c(cc1CC)-c1ccccc1C2=O)SC(C)CC. The van der Waals surface area contributed by atoms with Crippen LogP contribution in [0, 0.1) is 0 Å². The largest absolute Gasteiger partial charge is 0.440 e. The Labute approximate surface area is 177 Å². The molecule has 3 rings (SSSR count). The van der Waals surface area contributed by atoms with E-state index in [-0.39, 0.29) is 11.0 Å². The molecule has 0 spiro atoms. The summed E-state index contributed by atoms with van der Waals surface area (Å²) in [4.78, 5) is 12.9. The highest BCUT2D eigenvalue weighted by Crippen LogP contribution is 2.63. The molecule has 2 atom stereocenters.